The van der Waals surface area contributed by atoms with Crippen molar-refractivity contribution in [2.24, 2.45) is 0 Å². The fraction of sp³-hybridized carbons (Fsp3) is 0.500. The number of aromatic nitrogens is 2. The van der Waals surface area contributed by atoms with Gasteiger partial charge in [-0.25, -0.2) is 9.78 Å². The third-order valence-electron chi connectivity index (χ3n) is 3.56. The summed E-state index contributed by atoms with van der Waals surface area (Å²) in [6.45, 7) is 6.61. The minimum atomic E-state index is -0.219. The molecule has 1 saturated carbocycles. The number of amides is 2. The Morgan fingerprint density at radius 2 is 2.19 bits per heavy atom. The molecule has 2 aromatic heterocycles. The molecule has 0 unspecified atom stereocenters. The lowest BCUT2D eigenvalue weighted by atomic mass is 10.1. The van der Waals surface area contributed by atoms with Crippen LogP contribution in [-0.2, 0) is 6.54 Å². The Kier molecular flexibility index (Phi) is 3.35. The Morgan fingerprint density at radius 1 is 1.43 bits per heavy atom. The average Bonchev–Trinajstić information content (AvgIpc) is 3.15. The maximum Gasteiger partial charge on any atom is 0.318 e. The van der Waals surface area contributed by atoms with Crippen LogP contribution in [0.3, 0.4) is 0 Å². The number of nitrogens with zero attached hydrogens (tertiary/aromatic N) is 3. The van der Waals surface area contributed by atoms with Gasteiger partial charge in [-0.15, -0.1) is 0 Å². The first-order chi connectivity index (χ1) is 9.94. The average molecular weight is 286 g/mol. The molecule has 112 valence electrons. The topological polar surface area (TPSA) is 49.6 Å². The van der Waals surface area contributed by atoms with Crippen LogP contribution in [-0.4, -0.2) is 31.9 Å². The molecule has 0 aromatic carbocycles. The summed E-state index contributed by atoms with van der Waals surface area (Å²) >= 11 is 0. The van der Waals surface area contributed by atoms with Crippen molar-refractivity contribution in [3.8, 4) is 0 Å². The first-order valence-electron chi connectivity index (χ1n) is 7.44. The zero-order valence-electron chi connectivity index (χ0n) is 12.8. The number of fused-ring (bicyclic) bond motifs is 1. The van der Waals surface area contributed by atoms with Crippen molar-refractivity contribution in [2.75, 3.05) is 0 Å². The number of hydrogen-bond acceptors (Lipinski definition) is 2. The second-order valence-corrected chi connectivity index (χ2v) is 6.72. The van der Waals surface area contributed by atoms with Gasteiger partial charge in [0.25, 0.3) is 0 Å². The van der Waals surface area contributed by atoms with Crippen LogP contribution in [0.25, 0.3) is 5.65 Å². The van der Waals surface area contributed by atoms with Gasteiger partial charge in [-0.3, -0.25) is 0 Å². The number of pyridine rings is 1. The van der Waals surface area contributed by atoms with Crippen LogP contribution < -0.4 is 5.32 Å². The number of urea groups is 1. The van der Waals surface area contributed by atoms with Crippen LogP contribution in [0.15, 0.2) is 30.6 Å². The predicted molar refractivity (Wildman–Crippen MR) is 82.0 cm³/mol. The summed E-state index contributed by atoms with van der Waals surface area (Å²) in [5.74, 6) is 0. The maximum absolute atomic E-state index is 12.5. The van der Waals surface area contributed by atoms with Crippen LogP contribution in [0.2, 0.25) is 0 Å². The van der Waals surface area contributed by atoms with Crippen molar-refractivity contribution in [3.05, 3.63) is 36.3 Å². The number of nitrogens with one attached hydrogen (secondary N) is 1. The summed E-state index contributed by atoms with van der Waals surface area (Å²) in [4.78, 5) is 18.8. The van der Waals surface area contributed by atoms with Gasteiger partial charge in [0.1, 0.15) is 5.65 Å². The monoisotopic (exact) mass is 286 g/mol. The number of carbonyl (C=O) groups is 1. The van der Waals surface area contributed by atoms with Gasteiger partial charge in [-0.1, -0.05) is 6.07 Å². The predicted octanol–water partition coefficient (Wildman–Crippen LogP) is 2.81. The van der Waals surface area contributed by atoms with Gasteiger partial charge >= 0.3 is 6.03 Å². The van der Waals surface area contributed by atoms with E-state index in [1.807, 2.05) is 60.7 Å². The zero-order valence-corrected chi connectivity index (χ0v) is 12.8. The van der Waals surface area contributed by atoms with Gasteiger partial charge in [0, 0.05) is 17.8 Å². The molecule has 2 heterocycles. The Morgan fingerprint density at radius 3 is 2.86 bits per heavy atom. The molecular formula is C16H22N4O. The number of carbonyl (C=O) groups excluding carboxylic acids is 1. The summed E-state index contributed by atoms with van der Waals surface area (Å²) in [7, 11) is 0. The van der Waals surface area contributed by atoms with E-state index >= 15 is 0 Å². The summed E-state index contributed by atoms with van der Waals surface area (Å²) in [5.41, 5.74) is 1.74. The molecular weight excluding hydrogens is 264 g/mol. The van der Waals surface area contributed by atoms with Crippen LogP contribution in [0, 0.1) is 0 Å². The first-order valence-corrected chi connectivity index (χ1v) is 7.44. The highest BCUT2D eigenvalue weighted by molar-refractivity contribution is 5.75. The molecule has 0 spiro atoms. The maximum atomic E-state index is 12.5. The van der Waals surface area contributed by atoms with E-state index in [1.54, 1.807) is 0 Å². The van der Waals surface area contributed by atoms with E-state index in [0.29, 0.717) is 12.6 Å². The SMILES string of the molecule is CC(C)(C)NC(=O)N(Cc1cnc2ccccn12)C1CC1. The molecule has 1 aliphatic carbocycles. The first kappa shape index (κ1) is 13.9. The third-order valence-corrected chi connectivity index (χ3v) is 3.56. The standard InChI is InChI=1S/C16H22N4O/c1-16(2,3)18-15(21)20(12-7-8-12)11-13-10-17-14-6-4-5-9-19(13)14/h4-6,9-10,12H,7-8,11H2,1-3H3,(H,18,21). The van der Waals surface area contributed by atoms with E-state index in [4.69, 9.17) is 0 Å². The van der Waals surface area contributed by atoms with Crippen LogP contribution >= 0.6 is 0 Å². The van der Waals surface area contributed by atoms with E-state index in [-0.39, 0.29) is 11.6 Å². The molecule has 0 radical (unpaired) electrons. The van der Waals surface area contributed by atoms with Gasteiger partial charge in [0.05, 0.1) is 18.4 Å². The lowest BCUT2D eigenvalue weighted by Gasteiger charge is -2.28. The molecule has 2 aromatic rings. The van der Waals surface area contributed by atoms with Crippen molar-refractivity contribution in [3.63, 3.8) is 0 Å². The lowest BCUT2D eigenvalue weighted by molar-refractivity contribution is 0.182. The van der Waals surface area contributed by atoms with Crippen LogP contribution in [0.1, 0.15) is 39.3 Å². The molecule has 0 bridgehead atoms. The Balaban J connectivity index is 1.81. The van der Waals surface area contributed by atoms with E-state index in [1.165, 1.54) is 0 Å². The molecule has 3 rings (SSSR count). The molecule has 0 saturated heterocycles. The number of imidazole rings is 1. The van der Waals surface area contributed by atoms with Gasteiger partial charge < -0.3 is 14.6 Å². The molecule has 1 N–H and O–H groups in total. The zero-order chi connectivity index (χ0) is 15.0. The summed E-state index contributed by atoms with van der Waals surface area (Å²) in [6.07, 6.45) is 6.03. The molecule has 0 atom stereocenters. The smallest absolute Gasteiger partial charge is 0.318 e. The van der Waals surface area contributed by atoms with Crippen molar-refractivity contribution >= 4 is 11.7 Å². The highest BCUT2D eigenvalue weighted by Gasteiger charge is 2.34. The van der Waals surface area contributed by atoms with Gasteiger partial charge in [-0.05, 0) is 45.7 Å². The quantitative estimate of drug-likeness (QED) is 0.943. The fourth-order valence-electron chi connectivity index (χ4n) is 2.42. The van der Waals surface area contributed by atoms with E-state index < -0.39 is 0 Å². The Bertz CT molecular complexity index is 652. The minimum absolute atomic E-state index is 0.0101. The highest BCUT2D eigenvalue weighted by Crippen LogP contribution is 2.28. The van der Waals surface area contributed by atoms with Crippen molar-refractivity contribution in [2.45, 2.75) is 51.7 Å². The summed E-state index contributed by atoms with van der Waals surface area (Å²) < 4.78 is 2.04. The van der Waals surface area contributed by atoms with E-state index in [9.17, 15) is 4.79 Å². The van der Waals surface area contributed by atoms with Gasteiger partial charge in [-0.2, -0.15) is 0 Å². The van der Waals surface area contributed by atoms with Crippen molar-refractivity contribution in [1.82, 2.24) is 19.6 Å². The van der Waals surface area contributed by atoms with Crippen LogP contribution in [0.4, 0.5) is 4.79 Å². The lowest BCUT2D eigenvalue weighted by Crippen LogP contribution is -2.49. The molecule has 5 nitrogen and oxygen atoms in total. The second kappa shape index (κ2) is 5.06. The Labute approximate surface area is 125 Å². The largest absolute Gasteiger partial charge is 0.333 e. The van der Waals surface area contributed by atoms with Crippen molar-refractivity contribution < 1.29 is 4.79 Å². The van der Waals surface area contributed by atoms with Gasteiger partial charge in [0.15, 0.2) is 0 Å². The minimum Gasteiger partial charge on any atom is -0.333 e. The molecule has 21 heavy (non-hydrogen) atoms. The molecule has 1 fully saturated rings. The summed E-state index contributed by atoms with van der Waals surface area (Å²) in [6, 6.07) is 6.30. The molecule has 1 aliphatic rings. The normalized spacial score (nSPS) is 15.2. The van der Waals surface area contributed by atoms with E-state index in [2.05, 4.69) is 10.3 Å². The van der Waals surface area contributed by atoms with E-state index in [0.717, 1.165) is 24.2 Å². The third kappa shape index (κ3) is 3.17. The molecule has 5 heteroatoms. The summed E-state index contributed by atoms with van der Waals surface area (Å²) in [5, 5.41) is 3.06. The fourth-order valence-corrected chi connectivity index (χ4v) is 2.42. The van der Waals surface area contributed by atoms with Gasteiger partial charge in [0.2, 0.25) is 0 Å². The number of rotatable bonds is 3. The highest BCUT2D eigenvalue weighted by atomic mass is 16.2. The molecule has 0 aliphatic heterocycles. The van der Waals surface area contributed by atoms with Crippen LogP contribution in [0.5, 0.6) is 0 Å². The van der Waals surface area contributed by atoms with Crippen molar-refractivity contribution in [1.29, 1.82) is 0 Å². The number of hydrogen-bond donors (Lipinski definition) is 1. The Hall–Kier alpha value is -2.04. The second-order valence-electron chi connectivity index (χ2n) is 6.72. The molecule has 2 amide bonds.